The lowest BCUT2D eigenvalue weighted by Crippen LogP contribution is -2.05. The molecule has 0 aliphatic heterocycles. The highest BCUT2D eigenvalue weighted by Gasteiger charge is 2.09. The first-order valence-electron chi connectivity index (χ1n) is 9.37. The number of carbonyl (C=O) groups excluding carboxylic acids is 1. The minimum Gasteiger partial charge on any atom is -0.491 e. The number of ether oxygens (including phenoxy) is 1. The Morgan fingerprint density at radius 2 is 1.54 bits per heavy atom. The van der Waals surface area contributed by atoms with Crippen molar-refractivity contribution in [1.29, 1.82) is 0 Å². The molecule has 2 aromatic heterocycles. The summed E-state index contributed by atoms with van der Waals surface area (Å²) in [5.74, 6) is 0.933. The van der Waals surface area contributed by atoms with Gasteiger partial charge in [0, 0.05) is 17.3 Å². The van der Waals surface area contributed by atoms with Crippen molar-refractivity contribution < 1.29 is 9.53 Å². The van der Waals surface area contributed by atoms with E-state index in [2.05, 4.69) is 33.8 Å². The Hall–Kier alpha value is -3.40. The molecule has 0 aliphatic rings. The number of ketones is 1. The van der Waals surface area contributed by atoms with Crippen LogP contribution in [0, 0.1) is 0 Å². The fourth-order valence-electron chi connectivity index (χ4n) is 3.24. The van der Waals surface area contributed by atoms with E-state index in [9.17, 15) is 4.79 Å². The van der Waals surface area contributed by atoms with E-state index in [1.807, 2.05) is 62.5 Å². The van der Waals surface area contributed by atoms with Crippen molar-refractivity contribution in [1.82, 2.24) is 9.38 Å². The molecular formula is C24H22N2O2. The summed E-state index contributed by atoms with van der Waals surface area (Å²) in [4.78, 5) is 16.0. The van der Waals surface area contributed by atoms with Gasteiger partial charge in [0.2, 0.25) is 0 Å². The minimum atomic E-state index is 0.0730. The van der Waals surface area contributed by atoms with Gasteiger partial charge in [0.25, 0.3) is 0 Å². The van der Waals surface area contributed by atoms with Gasteiger partial charge in [-0.15, -0.1) is 0 Å². The Labute approximate surface area is 164 Å². The Kier molecular flexibility index (Phi) is 4.70. The van der Waals surface area contributed by atoms with Crippen molar-refractivity contribution in [2.24, 2.45) is 0 Å². The molecule has 0 atom stereocenters. The molecule has 4 nitrogen and oxygen atoms in total. The van der Waals surface area contributed by atoms with Gasteiger partial charge in [-0.05, 0) is 68.3 Å². The number of rotatable bonds is 5. The largest absolute Gasteiger partial charge is 0.491 e. The SMILES string of the molecule is CC(=O)c1ccc(-c2ccc3ncc(-c4ccc(OC(C)C)cc4)n3c2)cc1. The molecule has 28 heavy (non-hydrogen) atoms. The first kappa shape index (κ1) is 18.0. The number of fused-ring (bicyclic) bond motifs is 1. The topological polar surface area (TPSA) is 43.6 Å². The third-order valence-electron chi connectivity index (χ3n) is 4.65. The first-order chi connectivity index (χ1) is 13.5. The molecule has 0 N–H and O–H groups in total. The standard InChI is InChI=1S/C24H22N2O2/c1-16(2)28-22-11-8-20(9-12-22)23-14-25-24-13-10-21(15-26(23)24)19-6-4-18(5-7-19)17(3)27/h4-16H,1-3H3. The third-order valence-corrected chi connectivity index (χ3v) is 4.65. The van der Waals surface area contributed by atoms with Gasteiger partial charge < -0.3 is 4.74 Å². The van der Waals surface area contributed by atoms with E-state index in [1.54, 1.807) is 6.92 Å². The van der Waals surface area contributed by atoms with Gasteiger partial charge in [0.15, 0.2) is 5.78 Å². The summed E-state index contributed by atoms with van der Waals surface area (Å²) in [5, 5.41) is 0. The van der Waals surface area contributed by atoms with E-state index in [1.165, 1.54) is 0 Å². The molecule has 0 unspecified atom stereocenters. The Morgan fingerprint density at radius 3 is 2.18 bits per heavy atom. The molecular weight excluding hydrogens is 348 g/mol. The molecule has 0 fully saturated rings. The maximum absolute atomic E-state index is 11.5. The highest BCUT2D eigenvalue weighted by Crippen LogP contribution is 2.27. The number of benzene rings is 2. The fourth-order valence-corrected chi connectivity index (χ4v) is 3.24. The van der Waals surface area contributed by atoms with Crippen LogP contribution in [0.15, 0.2) is 73.1 Å². The molecule has 4 rings (SSSR count). The molecule has 0 bridgehead atoms. The Balaban J connectivity index is 1.71. The summed E-state index contributed by atoms with van der Waals surface area (Å²) in [5.41, 5.74) is 5.84. The molecule has 4 heteroatoms. The lowest BCUT2D eigenvalue weighted by molar-refractivity contribution is 0.101. The molecule has 2 aromatic carbocycles. The van der Waals surface area contributed by atoms with Crippen LogP contribution in [0.4, 0.5) is 0 Å². The zero-order chi connectivity index (χ0) is 19.7. The van der Waals surface area contributed by atoms with E-state index in [-0.39, 0.29) is 11.9 Å². The number of aromatic nitrogens is 2. The van der Waals surface area contributed by atoms with E-state index in [0.717, 1.165) is 39.3 Å². The van der Waals surface area contributed by atoms with Crippen LogP contribution in [0.1, 0.15) is 31.1 Å². The second kappa shape index (κ2) is 7.31. The first-order valence-corrected chi connectivity index (χ1v) is 9.37. The molecule has 0 aliphatic carbocycles. The number of nitrogens with zero attached hydrogens (tertiary/aromatic N) is 2. The van der Waals surface area contributed by atoms with Gasteiger partial charge in [-0.3, -0.25) is 9.20 Å². The number of hydrogen-bond acceptors (Lipinski definition) is 3. The lowest BCUT2D eigenvalue weighted by atomic mass is 10.0. The van der Waals surface area contributed by atoms with Crippen LogP contribution in [-0.2, 0) is 0 Å². The van der Waals surface area contributed by atoms with Crippen molar-refractivity contribution in [2.45, 2.75) is 26.9 Å². The summed E-state index contributed by atoms with van der Waals surface area (Å²) in [7, 11) is 0. The molecule has 0 radical (unpaired) electrons. The van der Waals surface area contributed by atoms with Crippen LogP contribution < -0.4 is 4.74 Å². The summed E-state index contributed by atoms with van der Waals surface area (Å²) in [6, 6.07) is 19.8. The normalized spacial score (nSPS) is 11.1. The van der Waals surface area contributed by atoms with Gasteiger partial charge in [0.05, 0.1) is 18.0 Å². The third kappa shape index (κ3) is 3.54. The number of pyridine rings is 1. The molecule has 0 spiro atoms. The zero-order valence-corrected chi connectivity index (χ0v) is 16.2. The van der Waals surface area contributed by atoms with Crippen molar-refractivity contribution in [3.05, 3.63) is 78.6 Å². The fraction of sp³-hybridized carbons (Fsp3) is 0.167. The maximum Gasteiger partial charge on any atom is 0.159 e. The van der Waals surface area contributed by atoms with Gasteiger partial charge in [-0.2, -0.15) is 0 Å². The van der Waals surface area contributed by atoms with Crippen molar-refractivity contribution in [2.75, 3.05) is 0 Å². The summed E-state index contributed by atoms with van der Waals surface area (Å²) < 4.78 is 7.82. The number of carbonyl (C=O) groups is 1. The average Bonchev–Trinajstić information content (AvgIpc) is 3.11. The second-order valence-electron chi connectivity index (χ2n) is 7.11. The second-order valence-corrected chi connectivity index (χ2v) is 7.11. The quantitative estimate of drug-likeness (QED) is 0.426. The van der Waals surface area contributed by atoms with Crippen molar-refractivity contribution in [3.63, 3.8) is 0 Å². The van der Waals surface area contributed by atoms with Crippen molar-refractivity contribution >= 4 is 11.4 Å². The molecule has 2 heterocycles. The van der Waals surface area contributed by atoms with E-state index in [4.69, 9.17) is 4.74 Å². The van der Waals surface area contributed by atoms with Crippen LogP contribution in [0.3, 0.4) is 0 Å². The summed E-state index contributed by atoms with van der Waals surface area (Å²) in [6.07, 6.45) is 4.12. The van der Waals surface area contributed by atoms with Crippen LogP contribution in [0.5, 0.6) is 5.75 Å². The predicted octanol–water partition coefficient (Wildman–Crippen LogP) is 5.66. The number of imidazole rings is 1. The number of Topliss-reactive ketones (excluding diaryl/α,β-unsaturated/α-hetero) is 1. The Morgan fingerprint density at radius 1 is 0.893 bits per heavy atom. The van der Waals surface area contributed by atoms with E-state index < -0.39 is 0 Å². The molecule has 4 aromatic rings. The smallest absolute Gasteiger partial charge is 0.159 e. The number of hydrogen-bond donors (Lipinski definition) is 0. The Bertz CT molecular complexity index is 1120. The van der Waals surface area contributed by atoms with Gasteiger partial charge >= 0.3 is 0 Å². The van der Waals surface area contributed by atoms with E-state index in [0.29, 0.717) is 0 Å². The average molecular weight is 370 g/mol. The molecule has 0 saturated carbocycles. The van der Waals surface area contributed by atoms with Gasteiger partial charge in [-0.25, -0.2) is 4.98 Å². The lowest BCUT2D eigenvalue weighted by Gasteiger charge is -2.10. The van der Waals surface area contributed by atoms with Gasteiger partial charge in [0.1, 0.15) is 11.4 Å². The monoisotopic (exact) mass is 370 g/mol. The minimum absolute atomic E-state index is 0.0730. The molecule has 140 valence electrons. The molecule has 0 saturated heterocycles. The van der Waals surface area contributed by atoms with Crippen LogP contribution >= 0.6 is 0 Å². The highest BCUT2D eigenvalue weighted by molar-refractivity contribution is 5.94. The van der Waals surface area contributed by atoms with Crippen LogP contribution in [-0.4, -0.2) is 21.3 Å². The maximum atomic E-state index is 11.5. The van der Waals surface area contributed by atoms with Crippen LogP contribution in [0.2, 0.25) is 0 Å². The molecule has 0 amide bonds. The highest BCUT2D eigenvalue weighted by atomic mass is 16.5. The predicted molar refractivity (Wildman–Crippen MR) is 112 cm³/mol. The van der Waals surface area contributed by atoms with Crippen LogP contribution in [0.25, 0.3) is 28.0 Å². The summed E-state index contributed by atoms with van der Waals surface area (Å²) in [6.45, 7) is 5.61. The summed E-state index contributed by atoms with van der Waals surface area (Å²) >= 11 is 0. The van der Waals surface area contributed by atoms with E-state index >= 15 is 0 Å². The zero-order valence-electron chi connectivity index (χ0n) is 16.2. The van der Waals surface area contributed by atoms with Crippen molar-refractivity contribution in [3.8, 4) is 28.1 Å². The van der Waals surface area contributed by atoms with Gasteiger partial charge in [-0.1, -0.05) is 24.3 Å².